The zero-order valence-corrected chi connectivity index (χ0v) is 18.3. The first-order valence-corrected chi connectivity index (χ1v) is 12.4. The summed E-state index contributed by atoms with van der Waals surface area (Å²) in [6.07, 6.45) is 7.11. The number of carbonyl (C=O) groups excluding carboxylic acids is 1. The average molecular weight is 442 g/mol. The van der Waals surface area contributed by atoms with Crippen LogP contribution in [0.15, 0.2) is 0 Å². The van der Waals surface area contributed by atoms with Crippen molar-refractivity contribution in [2.75, 3.05) is 6.61 Å². The van der Waals surface area contributed by atoms with E-state index in [2.05, 4.69) is 5.32 Å². The third-order valence-electron chi connectivity index (χ3n) is 8.66. The Morgan fingerprint density at radius 2 is 1.39 bits per heavy atom. The maximum atomic E-state index is 13.7. The molecule has 0 radical (unpaired) electrons. The number of carboxylic acid groups (broad SMARTS) is 1. The van der Waals surface area contributed by atoms with Crippen LogP contribution in [-0.2, 0) is 9.53 Å². The van der Waals surface area contributed by atoms with Crippen LogP contribution in [0.5, 0.6) is 0 Å². The molecule has 0 spiro atoms. The highest BCUT2D eigenvalue weighted by atomic mass is 19.1. The molecule has 4 saturated carbocycles. The largest absolute Gasteiger partial charge is 0.480 e. The summed E-state index contributed by atoms with van der Waals surface area (Å²) in [7, 11) is 0. The summed E-state index contributed by atoms with van der Waals surface area (Å²) in [6.45, 7) is 0.350. The van der Waals surface area contributed by atoms with Gasteiger partial charge < -0.3 is 15.2 Å². The number of alkyl halides is 2. The molecule has 4 rings (SSSR count). The van der Waals surface area contributed by atoms with Crippen molar-refractivity contribution in [3.8, 4) is 0 Å². The van der Waals surface area contributed by atoms with E-state index in [1.807, 2.05) is 0 Å². The van der Waals surface area contributed by atoms with Gasteiger partial charge in [-0.15, -0.1) is 0 Å². The molecule has 4 aliphatic rings. The van der Waals surface area contributed by atoms with Crippen LogP contribution in [0.3, 0.4) is 0 Å². The van der Waals surface area contributed by atoms with Gasteiger partial charge in [0.2, 0.25) is 0 Å². The molecule has 176 valence electrons. The van der Waals surface area contributed by atoms with Crippen molar-refractivity contribution in [3.05, 3.63) is 0 Å². The molecule has 4 fully saturated rings. The molecule has 0 aromatic heterocycles. The monoisotopic (exact) mass is 441 g/mol. The number of carbonyl (C=O) groups is 2. The molecule has 0 saturated heterocycles. The number of fused-ring (bicyclic) bond motifs is 3. The van der Waals surface area contributed by atoms with Crippen molar-refractivity contribution in [2.24, 2.45) is 35.5 Å². The first kappa shape index (κ1) is 22.8. The lowest BCUT2D eigenvalue weighted by atomic mass is 9.73. The quantitative estimate of drug-likeness (QED) is 0.588. The number of amides is 1. The van der Waals surface area contributed by atoms with Gasteiger partial charge in [-0.3, -0.25) is 0 Å². The van der Waals surface area contributed by atoms with Gasteiger partial charge in [0.25, 0.3) is 0 Å². The molecular formula is C24H37F2NO4. The van der Waals surface area contributed by atoms with Gasteiger partial charge in [-0.1, -0.05) is 25.7 Å². The van der Waals surface area contributed by atoms with E-state index >= 15 is 0 Å². The summed E-state index contributed by atoms with van der Waals surface area (Å²) >= 11 is 0. The summed E-state index contributed by atoms with van der Waals surface area (Å²) in [4.78, 5) is 24.1. The fraction of sp³-hybridized carbons (Fsp3) is 0.917. The Labute approximate surface area is 183 Å². The van der Waals surface area contributed by atoms with Crippen molar-refractivity contribution in [2.45, 2.75) is 95.4 Å². The number of hydrogen-bond acceptors (Lipinski definition) is 3. The van der Waals surface area contributed by atoms with E-state index in [-0.39, 0.29) is 31.6 Å². The highest BCUT2D eigenvalue weighted by molar-refractivity contribution is 5.79. The minimum absolute atomic E-state index is 0.0318. The van der Waals surface area contributed by atoms with Gasteiger partial charge in [-0.2, -0.15) is 0 Å². The van der Waals surface area contributed by atoms with Crippen LogP contribution >= 0.6 is 0 Å². The molecule has 0 aromatic carbocycles. The molecule has 2 N–H and O–H groups in total. The highest BCUT2D eigenvalue weighted by Crippen LogP contribution is 2.57. The molecule has 1 amide bonds. The Kier molecular flexibility index (Phi) is 7.37. The van der Waals surface area contributed by atoms with E-state index in [0.717, 1.165) is 11.8 Å². The van der Waals surface area contributed by atoms with E-state index in [4.69, 9.17) is 4.74 Å². The second kappa shape index (κ2) is 10.0. The van der Waals surface area contributed by atoms with Crippen LogP contribution in [0.25, 0.3) is 0 Å². The Balaban J connectivity index is 1.31. The Morgan fingerprint density at radius 3 is 1.90 bits per heavy atom. The van der Waals surface area contributed by atoms with Gasteiger partial charge in [0.15, 0.2) is 0 Å². The van der Waals surface area contributed by atoms with Crippen LogP contribution in [0, 0.1) is 35.5 Å². The van der Waals surface area contributed by atoms with Crippen molar-refractivity contribution in [1.82, 2.24) is 5.32 Å². The SMILES string of the molecule is O=C(NC(CC1CC(F)CC(F)C1)C(=O)O)OCC1C2CCCCC2C2CCCCC21. The average Bonchev–Trinajstić information content (AvgIpc) is 3.05. The molecule has 7 unspecified atom stereocenters. The van der Waals surface area contributed by atoms with Crippen LogP contribution in [-0.4, -0.2) is 42.2 Å². The van der Waals surface area contributed by atoms with Crippen molar-refractivity contribution >= 4 is 12.1 Å². The number of ether oxygens (including phenoxy) is 1. The van der Waals surface area contributed by atoms with Gasteiger partial charge in [0.1, 0.15) is 18.4 Å². The molecule has 0 bridgehead atoms. The first-order chi connectivity index (χ1) is 14.9. The number of aliphatic carboxylic acids is 1. The number of rotatable bonds is 6. The number of hydrogen-bond donors (Lipinski definition) is 2. The summed E-state index contributed by atoms with van der Waals surface area (Å²) in [6, 6.07) is -1.18. The first-order valence-electron chi connectivity index (χ1n) is 12.4. The zero-order valence-electron chi connectivity index (χ0n) is 18.3. The fourth-order valence-electron chi connectivity index (χ4n) is 7.46. The molecule has 5 nitrogen and oxygen atoms in total. The maximum absolute atomic E-state index is 13.7. The Morgan fingerprint density at radius 1 is 0.871 bits per heavy atom. The van der Waals surface area contributed by atoms with E-state index < -0.39 is 30.4 Å². The second-order valence-electron chi connectivity index (χ2n) is 10.5. The minimum atomic E-state index is -1.25. The maximum Gasteiger partial charge on any atom is 0.407 e. The van der Waals surface area contributed by atoms with Crippen molar-refractivity contribution in [1.29, 1.82) is 0 Å². The lowest BCUT2D eigenvalue weighted by Gasteiger charge is -2.32. The van der Waals surface area contributed by atoms with Crippen LogP contribution in [0.4, 0.5) is 13.6 Å². The summed E-state index contributed by atoms with van der Waals surface area (Å²) in [5.41, 5.74) is 0. The van der Waals surface area contributed by atoms with Gasteiger partial charge in [-0.05, 0) is 80.5 Å². The molecule has 0 aromatic rings. The predicted molar refractivity (Wildman–Crippen MR) is 112 cm³/mol. The van der Waals surface area contributed by atoms with E-state index in [0.29, 0.717) is 24.4 Å². The van der Waals surface area contributed by atoms with E-state index in [1.54, 1.807) is 0 Å². The molecule has 7 atom stereocenters. The summed E-state index contributed by atoms with van der Waals surface area (Å²) < 4.78 is 32.9. The number of nitrogens with one attached hydrogen (secondary N) is 1. The minimum Gasteiger partial charge on any atom is -0.480 e. The van der Waals surface area contributed by atoms with E-state index in [9.17, 15) is 23.5 Å². The molecular weight excluding hydrogens is 404 g/mol. The molecule has 31 heavy (non-hydrogen) atoms. The van der Waals surface area contributed by atoms with Gasteiger partial charge in [0.05, 0.1) is 6.61 Å². The smallest absolute Gasteiger partial charge is 0.407 e. The van der Waals surface area contributed by atoms with Crippen molar-refractivity contribution in [3.63, 3.8) is 0 Å². The second-order valence-corrected chi connectivity index (χ2v) is 10.5. The van der Waals surface area contributed by atoms with E-state index in [1.165, 1.54) is 51.4 Å². The standard InChI is InChI=1S/C24H37F2NO4/c25-15-9-14(10-16(26)12-15)11-22(23(28)29)27-24(30)31-13-21-19-7-3-1-5-17(19)18-6-2-4-8-20(18)21/h14-22H,1-13H2,(H,27,30)(H,28,29). The molecule has 0 aliphatic heterocycles. The summed E-state index contributed by atoms with van der Waals surface area (Å²) in [5.74, 6) is 1.56. The Bertz CT molecular complexity index is 615. The van der Waals surface area contributed by atoms with Crippen molar-refractivity contribution < 1.29 is 28.2 Å². The lowest BCUT2D eigenvalue weighted by Crippen LogP contribution is -2.44. The zero-order chi connectivity index (χ0) is 22.0. The third kappa shape index (κ3) is 5.33. The molecule has 0 heterocycles. The molecule has 4 aliphatic carbocycles. The van der Waals surface area contributed by atoms with Crippen LogP contribution < -0.4 is 5.32 Å². The van der Waals surface area contributed by atoms with Gasteiger partial charge >= 0.3 is 12.1 Å². The Hall–Kier alpha value is -1.40. The number of carboxylic acids is 1. The van der Waals surface area contributed by atoms with Gasteiger partial charge in [0, 0.05) is 6.42 Å². The normalized spacial score (nSPS) is 41.0. The molecule has 7 heteroatoms. The predicted octanol–water partition coefficient (Wildman–Crippen LogP) is 5.27. The number of alkyl carbamates (subject to hydrolysis) is 1. The van der Waals surface area contributed by atoms with Crippen LogP contribution in [0.1, 0.15) is 77.0 Å². The highest BCUT2D eigenvalue weighted by Gasteiger charge is 2.51. The lowest BCUT2D eigenvalue weighted by molar-refractivity contribution is -0.140. The van der Waals surface area contributed by atoms with Gasteiger partial charge in [-0.25, -0.2) is 18.4 Å². The third-order valence-corrected chi connectivity index (χ3v) is 8.66. The van der Waals surface area contributed by atoms with Crippen LogP contribution in [0.2, 0.25) is 0 Å². The summed E-state index contributed by atoms with van der Waals surface area (Å²) in [5, 5.41) is 12.0. The number of halogens is 2. The fourth-order valence-corrected chi connectivity index (χ4v) is 7.46. The topological polar surface area (TPSA) is 75.6 Å².